The van der Waals surface area contributed by atoms with Crippen LogP contribution in [0.1, 0.15) is 36.1 Å². The standard InChI is InChI=1S/C12H10Cl2F4O/c1-3-5-7-8(6(4-2)10(14)9(5)13)12(17,18)19-11(7,15)16/h3-4H2,1-2H3. The molecule has 0 unspecified atom stereocenters. The first-order valence-electron chi connectivity index (χ1n) is 5.66. The average molecular weight is 317 g/mol. The van der Waals surface area contributed by atoms with Crippen LogP contribution in [0.25, 0.3) is 0 Å². The third-order valence-corrected chi connectivity index (χ3v) is 4.05. The maximum absolute atomic E-state index is 13.7. The molecule has 1 aromatic rings. The quantitative estimate of drug-likeness (QED) is 0.677. The highest BCUT2D eigenvalue weighted by Gasteiger charge is 2.60. The van der Waals surface area contributed by atoms with Gasteiger partial charge in [0.25, 0.3) is 0 Å². The summed E-state index contributed by atoms with van der Waals surface area (Å²) in [6.45, 7) is 3.08. The van der Waals surface area contributed by atoms with Gasteiger partial charge in [0, 0.05) is 0 Å². The van der Waals surface area contributed by atoms with Gasteiger partial charge in [0.2, 0.25) is 0 Å². The summed E-state index contributed by atoms with van der Waals surface area (Å²) in [5.74, 6) is 0. The second-order valence-electron chi connectivity index (χ2n) is 4.18. The monoisotopic (exact) mass is 316 g/mol. The van der Waals surface area contributed by atoms with Crippen molar-refractivity contribution < 1.29 is 22.3 Å². The van der Waals surface area contributed by atoms with Crippen LogP contribution in [-0.4, -0.2) is 0 Å². The van der Waals surface area contributed by atoms with Gasteiger partial charge in [-0.2, -0.15) is 17.6 Å². The number of hydrogen-bond donors (Lipinski definition) is 0. The van der Waals surface area contributed by atoms with Crippen molar-refractivity contribution in [2.45, 2.75) is 38.9 Å². The molecule has 0 atom stereocenters. The van der Waals surface area contributed by atoms with E-state index in [2.05, 4.69) is 4.74 Å². The van der Waals surface area contributed by atoms with E-state index in [-0.39, 0.29) is 34.0 Å². The summed E-state index contributed by atoms with van der Waals surface area (Å²) in [5, 5.41) is -0.221. The van der Waals surface area contributed by atoms with Crippen molar-refractivity contribution in [2.75, 3.05) is 0 Å². The Morgan fingerprint density at radius 3 is 1.42 bits per heavy atom. The van der Waals surface area contributed by atoms with Gasteiger partial charge >= 0.3 is 12.2 Å². The number of halogens is 6. The molecule has 0 N–H and O–H groups in total. The Bertz CT molecular complexity index is 496. The predicted octanol–water partition coefficient (Wildman–Crippen LogP) is 5.25. The Kier molecular flexibility index (Phi) is 3.52. The smallest absolute Gasteiger partial charge is 0.247 e. The second kappa shape index (κ2) is 4.50. The summed E-state index contributed by atoms with van der Waals surface area (Å²) >= 11 is 11.8. The number of fused-ring (bicyclic) bond motifs is 1. The number of ether oxygens (including phenoxy) is 1. The molecule has 1 aliphatic heterocycles. The molecule has 0 amide bonds. The normalized spacial score (nSPS) is 19.6. The third-order valence-electron chi connectivity index (χ3n) is 3.12. The molecule has 1 aliphatic rings. The van der Waals surface area contributed by atoms with E-state index < -0.39 is 23.3 Å². The molecule has 0 bridgehead atoms. The molecule has 2 rings (SSSR count). The Hall–Kier alpha value is -0.520. The molecule has 0 saturated carbocycles. The average Bonchev–Trinajstić information content (AvgIpc) is 2.47. The first kappa shape index (κ1) is 14.9. The fourth-order valence-corrected chi connectivity index (χ4v) is 3.04. The minimum absolute atomic E-state index is 0.0555. The number of hydrogen-bond acceptors (Lipinski definition) is 1. The molecule has 1 aromatic carbocycles. The van der Waals surface area contributed by atoms with Gasteiger partial charge in [0.1, 0.15) is 0 Å². The Labute approximate surface area is 117 Å². The molecule has 0 spiro atoms. The van der Waals surface area contributed by atoms with Gasteiger partial charge in [-0.3, -0.25) is 0 Å². The fourth-order valence-electron chi connectivity index (χ4n) is 2.36. The molecule has 0 fully saturated rings. The van der Waals surface area contributed by atoms with Crippen LogP contribution in [-0.2, 0) is 29.8 Å². The zero-order valence-electron chi connectivity index (χ0n) is 10.1. The lowest BCUT2D eigenvalue weighted by molar-refractivity contribution is -0.369. The van der Waals surface area contributed by atoms with Gasteiger partial charge in [0.15, 0.2) is 0 Å². The zero-order chi connectivity index (χ0) is 14.6. The summed E-state index contributed by atoms with van der Waals surface area (Å²) in [6.07, 6.45) is -8.02. The Morgan fingerprint density at radius 2 is 1.16 bits per heavy atom. The summed E-state index contributed by atoms with van der Waals surface area (Å²) in [7, 11) is 0. The number of rotatable bonds is 2. The van der Waals surface area contributed by atoms with Gasteiger partial charge in [0.05, 0.1) is 21.2 Å². The van der Waals surface area contributed by atoms with Gasteiger partial charge < -0.3 is 0 Å². The molecule has 0 saturated heterocycles. The van der Waals surface area contributed by atoms with E-state index in [9.17, 15) is 17.6 Å². The maximum Gasteiger partial charge on any atom is 0.388 e. The molecular formula is C12H10Cl2F4O. The van der Waals surface area contributed by atoms with Gasteiger partial charge in [-0.15, -0.1) is 0 Å². The Morgan fingerprint density at radius 1 is 0.842 bits per heavy atom. The van der Waals surface area contributed by atoms with Crippen LogP contribution in [0.2, 0.25) is 10.0 Å². The lowest BCUT2D eigenvalue weighted by atomic mass is 9.93. The van der Waals surface area contributed by atoms with Crippen LogP contribution in [0, 0.1) is 0 Å². The number of alkyl halides is 4. The fraction of sp³-hybridized carbons (Fsp3) is 0.500. The van der Waals surface area contributed by atoms with E-state index in [1.54, 1.807) is 0 Å². The third kappa shape index (κ3) is 2.03. The van der Waals surface area contributed by atoms with E-state index >= 15 is 0 Å². The summed E-state index contributed by atoms with van der Waals surface area (Å²) in [5.41, 5.74) is -1.88. The van der Waals surface area contributed by atoms with Crippen molar-refractivity contribution in [3.8, 4) is 0 Å². The molecular weight excluding hydrogens is 307 g/mol. The van der Waals surface area contributed by atoms with Crippen LogP contribution in [0.15, 0.2) is 0 Å². The highest BCUT2D eigenvalue weighted by atomic mass is 35.5. The zero-order valence-corrected chi connectivity index (χ0v) is 11.6. The van der Waals surface area contributed by atoms with Gasteiger partial charge in [-0.25, -0.2) is 4.74 Å². The predicted molar refractivity (Wildman–Crippen MR) is 64.1 cm³/mol. The minimum Gasteiger partial charge on any atom is -0.247 e. The van der Waals surface area contributed by atoms with Crippen LogP contribution >= 0.6 is 23.2 Å². The maximum atomic E-state index is 13.7. The van der Waals surface area contributed by atoms with Crippen molar-refractivity contribution in [3.63, 3.8) is 0 Å². The highest BCUT2D eigenvalue weighted by Crippen LogP contribution is 2.56. The van der Waals surface area contributed by atoms with E-state index in [0.29, 0.717) is 0 Å². The van der Waals surface area contributed by atoms with E-state index in [0.717, 1.165) is 0 Å². The first-order valence-corrected chi connectivity index (χ1v) is 6.42. The van der Waals surface area contributed by atoms with Gasteiger partial charge in [-0.1, -0.05) is 37.0 Å². The molecule has 19 heavy (non-hydrogen) atoms. The highest BCUT2D eigenvalue weighted by molar-refractivity contribution is 6.43. The summed E-state index contributed by atoms with van der Waals surface area (Å²) in [6, 6.07) is 0. The molecule has 106 valence electrons. The molecule has 0 radical (unpaired) electrons. The van der Waals surface area contributed by atoms with Crippen molar-refractivity contribution in [2.24, 2.45) is 0 Å². The molecule has 0 aliphatic carbocycles. The van der Waals surface area contributed by atoms with Crippen LogP contribution in [0.4, 0.5) is 17.6 Å². The van der Waals surface area contributed by atoms with Crippen molar-refractivity contribution in [1.29, 1.82) is 0 Å². The van der Waals surface area contributed by atoms with Crippen molar-refractivity contribution in [3.05, 3.63) is 32.3 Å². The summed E-state index contributed by atoms with van der Waals surface area (Å²) < 4.78 is 58.4. The van der Waals surface area contributed by atoms with Crippen LogP contribution in [0.3, 0.4) is 0 Å². The SMILES string of the molecule is CCc1c(Cl)c(Cl)c(CC)c2c1C(F)(F)OC2(F)F. The molecule has 1 nitrogen and oxygen atoms in total. The Balaban J connectivity index is 2.94. The second-order valence-corrected chi connectivity index (χ2v) is 4.93. The lowest BCUT2D eigenvalue weighted by Crippen LogP contribution is -2.18. The minimum atomic E-state index is -4.07. The molecule has 0 aromatic heterocycles. The van der Waals surface area contributed by atoms with Crippen LogP contribution in [0.5, 0.6) is 0 Å². The summed E-state index contributed by atoms with van der Waals surface area (Å²) in [4.78, 5) is 0. The number of benzene rings is 1. The largest absolute Gasteiger partial charge is 0.388 e. The molecule has 7 heteroatoms. The first-order chi connectivity index (χ1) is 8.67. The lowest BCUT2D eigenvalue weighted by Gasteiger charge is -2.17. The van der Waals surface area contributed by atoms with E-state index in [1.807, 2.05) is 0 Å². The van der Waals surface area contributed by atoms with Crippen molar-refractivity contribution >= 4 is 23.2 Å². The van der Waals surface area contributed by atoms with E-state index in [4.69, 9.17) is 23.2 Å². The topological polar surface area (TPSA) is 9.23 Å². The van der Waals surface area contributed by atoms with Crippen LogP contribution < -0.4 is 0 Å². The van der Waals surface area contributed by atoms with Gasteiger partial charge in [-0.05, 0) is 24.0 Å². The van der Waals surface area contributed by atoms with Crippen molar-refractivity contribution in [1.82, 2.24) is 0 Å². The molecule has 1 heterocycles. The van der Waals surface area contributed by atoms with E-state index in [1.165, 1.54) is 13.8 Å².